The molecule has 0 spiro atoms. The molecule has 19 heavy (non-hydrogen) atoms. The molecule has 0 saturated heterocycles. The number of benzene rings is 1. The van der Waals surface area contributed by atoms with E-state index < -0.39 is 0 Å². The smallest absolute Gasteiger partial charge is 0.0240 e. The van der Waals surface area contributed by atoms with Crippen LogP contribution in [0.5, 0.6) is 0 Å². The minimum Gasteiger partial charge on any atom is -0.308 e. The fourth-order valence-electron chi connectivity index (χ4n) is 2.45. The van der Waals surface area contributed by atoms with Crippen LogP contribution in [0.2, 0.25) is 0 Å². The van der Waals surface area contributed by atoms with Crippen LogP contribution in [-0.4, -0.2) is 30.1 Å². The Hall–Kier alpha value is -1.12. The maximum atomic E-state index is 4.20. The first-order chi connectivity index (χ1) is 8.94. The van der Waals surface area contributed by atoms with E-state index in [1.165, 1.54) is 16.7 Å². The van der Waals surface area contributed by atoms with Gasteiger partial charge in [-0.1, -0.05) is 30.8 Å². The number of hydrogen-bond donors (Lipinski definition) is 1. The third-order valence-corrected chi connectivity index (χ3v) is 3.53. The molecule has 1 aromatic carbocycles. The normalized spacial score (nSPS) is 16.2. The first kappa shape index (κ1) is 14.3. The molecule has 0 bridgehead atoms. The molecule has 2 heteroatoms. The van der Waals surface area contributed by atoms with Gasteiger partial charge >= 0.3 is 0 Å². The Bertz CT molecular complexity index is 443. The molecule has 0 fully saturated rings. The fourth-order valence-corrected chi connectivity index (χ4v) is 2.45. The zero-order valence-corrected chi connectivity index (χ0v) is 12.5. The van der Waals surface area contributed by atoms with Crippen LogP contribution >= 0.6 is 0 Å². The summed E-state index contributed by atoms with van der Waals surface area (Å²) in [4.78, 5) is 2.50. The van der Waals surface area contributed by atoms with Crippen molar-refractivity contribution in [3.05, 3.63) is 47.5 Å². The van der Waals surface area contributed by atoms with E-state index >= 15 is 0 Å². The van der Waals surface area contributed by atoms with Crippen LogP contribution in [0.25, 0.3) is 0 Å². The van der Waals surface area contributed by atoms with Gasteiger partial charge < -0.3 is 5.32 Å². The Labute approximate surface area is 117 Å². The van der Waals surface area contributed by atoms with Crippen LogP contribution in [0, 0.1) is 0 Å². The van der Waals surface area contributed by atoms with Crippen LogP contribution < -0.4 is 5.32 Å². The molecule has 2 rings (SSSR count). The summed E-state index contributed by atoms with van der Waals surface area (Å²) in [5, 5.41) is 3.50. The molecule has 0 unspecified atom stereocenters. The summed E-state index contributed by atoms with van der Waals surface area (Å²) in [6.07, 6.45) is 1.16. The van der Waals surface area contributed by atoms with Gasteiger partial charge in [0.2, 0.25) is 0 Å². The van der Waals surface area contributed by atoms with Gasteiger partial charge in [-0.05, 0) is 43.9 Å². The second-order valence-corrected chi connectivity index (χ2v) is 6.58. The molecular weight excluding hydrogens is 232 g/mol. The van der Waals surface area contributed by atoms with Gasteiger partial charge in [-0.3, -0.25) is 4.90 Å². The molecule has 1 aliphatic heterocycles. The summed E-state index contributed by atoms with van der Waals surface area (Å²) in [6.45, 7) is 14.9. The van der Waals surface area contributed by atoms with Crippen LogP contribution in [0.1, 0.15) is 31.9 Å². The van der Waals surface area contributed by atoms with Gasteiger partial charge in [0.25, 0.3) is 0 Å². The highest BCUT2D eigenvalue weighted by Crippen LogP contribution is 2.18. The third kappa shape index (κ3) is 4.48. The van der Waals surface area contributed by atoms with E-state index in [0.29, 0.717) is 0 Å². The van der Waals surface area contributed by atoms with Crippen molar-refractivity contribution in [2.75, 3.05) is 19.6 Å². The number of fused-ring (bicyclic) bond motifs is 1. The van der Waals surface area contributed by atoms with E-state index in [-0.39, 0.29) is 5.54 Å². The lowest BCUT2D eigenvalue weighted by molar-refractivity contribution is 0.272. The zero-order valence-electron chi connectivity index (χ0n) is 12.5. The molecular formula is C17H26N2. The van der Waals surface area contributed by atoms with Crippen LogP contribution in [0.3, 0.4) is 0 Å². The average Bonchev–Trinajstić information content (AvgIpc) is 2.35. The lowest BCUT2D eigenvalue weighted by Crippen LogP contribution is -2.39. The topological polar surface area (TPSA) is 15.3 Å². The number of rotatable bonds is 4. The summed E-state index contributed by atoms with van der Waals surface area (Å²) in [7, 11) is 0. The fraction of sp³-hybridized carbons (Fsp3) is 0.529. The lowest BCUT2D eigenvalue weighted by Gasteiger charge is -2.30. The molecule has 1 aliphatic rings. The Kier molecular flexibility index (Phi) is 4.43. The average molecular weight is 258 g/mol. The minimum absolute atomic E-state index is 0.164. The predicted molar refractivity (Wildman–Crippen MR) is 82.3 cm³/mol. The van der Waals surface area contributed by atoms with Gasteiger partial charge in [-0.15, -0.1) is 0 Å². The summed E-state index contributed by atoms with van der Waals surface area (Å²) >= 11 is 0. The highest BCUT2D eigenvalue weighted by molar-refractivity contribution is 5.29. The molecule has 0 aromatic heterocycles. The Balaban J connectivity index is 1.84. The van der Waals surface area contributed by atoms with E-state index in [9.17, 15) is 0 Å². The third-order valence-electron chi connectivity index (χ3n) is 3.53. The molecule has 0 amide bonds. The van der Waals surface area contributed by atoms with Crippen molar-refractivity contribution in [2.45, 2.75) is 39.3 Å². The van der Waals surface area contributed by atoms with Gasteiger partial charge in [-0.25, -0.2) is 0 Å². The van der Waals surface area contributed by atoms with Crippen molar-refractivity contribution in [1.29, 1.82) is 0 Å². The first-order valence-electron chi connectivity index (χ1n) is 7.15. The predicted octanol–water partition coefficient (Wildman–Crippen LogP) is 2.99. The van der Waals surface area contributed by atoms with Crippen molar-refractivity contribution < 1.29 is 0 Å². The van der Waals surface area contributed by atoms with Crippen LogP contribution in [0.15, 0.2) is 36.4 Å². The largest absolute Gasteiger partial charge is 0.308 e. The highest BCUT2D eigenvalue weighted by atomic mass is 15.1. The number of hydrogen-bond acceptors (Lipinski definition) is 2. The lowest BCUT2D eigenvalue weighted by atomic mass is 9.99. The van der Waals surface area contributed by atoms with Crippen LogP contribution in [-0.2, 0) is 13.0 Å². The van der Waals surface area contributed by atoms with E-state index in [4.69, 9.17) is 0 Å². The SMILES string of the molecule is C=C(CNC(C)(C)C)CN1CCc2ccccc2C1. The molecule has 0 radical (unpaired) electrons. The van der Waals surface area contributed by atoms with Gasteiger partial charge in [0.1, 0.15) is 0 Å². The van der Waals surface area contributed by atoms with Crippen LogP contribution in [0.4, 0.5) is 0 Å². The highest BCUT2D eigenvalue weighted by Gasteiger charge is 2.16. The van der Waals surface area contributed by atoms with Crippen molar-refractivity contribution >= 4 is 0 Å². The maximum absolute atomic E-state index is 4.20. The molecule has 2 nitrogen and oxygen atoms in total. The monoisotopic (exact) mass is 258 g/mol. The van der Waals surface area contributed by atoms with Crippen molar-refractivity contribution in [3.63, 3.8) is 0 Å². The molecule has 1 N–H and O–H groups in total. The zero-order chi connectivity index (χ0) is 13.9. The first-order valence-corrected chi connectivity index (χ1v) is 7.15. The molecule has 104 valence electrons. The molecule has 1 heterocycles. The molecule has 0 atom stereocenters. The Morgan fingerprint density at radius 3 is 2.63 bits per heavy atom. The molecule has 0 aliphatic carbocycles. The molecule has 0 saturated carbocycles. The van der Waals surface area contributed by atoms with E-state index in [0.717, 1.165) is 32.6 Å². The second-order valence-electron chi connectivity index (χ2n) is 6.58. The van der Waals surface area contributed by atoms with E-state index in [2.05, 4.69) is 61.8 Å². The van der Waals surface area contributed by atoms with Gasteiger partial charge in [0.05, 0.1) is 0 Å². The Morgan fingerprint density at radius 2 is 1.95 bits per heavy atom. The quantitative estimate of drug-likeness (QED) is 0.835. The molecule has 1 aromatic rings. The van der Waals surface area contributed by atoms with Crippen molar-refractivity contribution in [2.24, 2.45) is 0 Å². The Morgan fingerprint density at radius 1 is 1.26 bits per heavy atom. The maximum Gasteiger partial charge on any atom is 0.0240 e. The summed E-state index contributed by atoms with van der Waals surface area (Å²) in [6, 6.07) is 8.78. The van der Waals surface area contributed by atoms with Crippen molar-refractivity contribution in [1.82, 2.24) is 10.2 Å². The second kappa shape index (κ2) is 5.89. The minimum atomic E-state index is 0.164. The number of nitrogens with zero attached hydrogens (tertiary/aromatic N) is 1. The number of nitrogens with one attached hydrogen (secondary N) is 1. The standard InChI is InChI=1S/C17H26N2/c1-14(11-18-17(2,3)4)12-19-10-9-15-7-5-6-8-16(15)13-19/h5-8,18H,1,9-13H2,2-4H3. The van der Waals surface area contributed by atoms with Gasteiger partial charge in [0.15, 0.2) is 0 Å². The van der Waals surface area contributed by atoms with E-state index in [1.807, 2.05) is 0 Å². The summed E-state index contributed by atoms with van der Waals surface area (Å²) < 4.78 is 0. The summed E-state index contributed by atoms with van der Waals surface area (Å²) in [5.41, 5.74) is 4.43. The summed E-state index contributed by atoms with van der Waals surface area (Å²) in [5.74, 6) is 0. The van der Waals surface area contributed by atoms with E-state index in [1.54, 1.807) is 0 Å². The van der Waals surface area contributed by atoms with Crippen molar-refractivity contribution in [3.8, 4) is 0 Å². The van der Waals surface area contributed by atoms with Gasteiger partial charge in [0, 0.05) is 31.7 Å². The van der Waals surface area contributed by atoms with Gasteiger partial charge in [-0.2, -0.15) is 0 Å².